The molecule has 5 heterocycles. The van der Waals surface area contributed by atoms with E-state index >= 15 is 0 Å². The van der Waals surface area contributed by atoms with Gasteiger partial charge in [-0.3, -0.25) is 9.69 Å². The van der Waals surface area contributed by atoms with Crippen LogP contribution >= 0.6 is 22.9 Å². The summed E-state index contributed by atoms with van der Waals surface area (Å²) in [5, 5.41) is 5.25. The number of fused-ring (bicyclic) bond motifs is 3. The summed E-state index contributed by atoms with van der Waals surface area (Å²) in [6.45, 7) is 4.61. The number of hydrogen-bond donors (Lipinski definition) is 1. The Morgan fingerprint density at radius 1 is 1.32 bits per heavy atom. The Hall–Kier alpha value is -1.24. The molecule has 0 saturated carbocycles. The maximum absolute atomic E-state index is 12.6. The standard InChI is InChI=1S/C16H19N3OS2/c1-10-15(11-4-7-19(10)8-5-11)17-16(20)14-3-2-13(22-14)12-6-9-21-18-12/h2-3,6,9-11,15H,4-5,7-8H2,1H3,(H,17,20). The predicted molar refractivity (Wildman–Crippen MR) is 90.4 cm³/mol. The molecule has 0 aromatic carbocycles. The highest BCUT2D eigenvalue weighted by atomic mass is 32.1. The van der Waals surface area contributed by atoms with Crippen molar-refractivity contribution in [2.45, 2.75) is 31.8 Å². The van der Waals surface area contributed by atoms with Gasteiger partial charge in [-0.15, -0.1) is 11.3 Å². The molecule has 3 saturated heterocycles. The summed E-state index contributed by atoms with van der Waals surface area (Å²) >= 11 is 2.97. The van der Waals surface area contributed by atoms with Crippen molar-refractivity contribution in [1.82, 2.24) is 14.6 Å². The molecule has 3 aliphatic rings. The first-order chi connectivity index (χ1) is 10.7. The van der Waals surface area contributed by atoms with Crippen LogP contribution in [0.5, 0.6) is 0 Å². The molecule has 2 atom stereocenters. The van der Waals surface area contributed by atoms with Gasteiger partial charge in [0, 0.05) is 17.5 Å². The fraction of sp³-hybridized carbons (Fsp3) is 0.500. The van der Waals surface area contributed by atoms with E-state index in [0.29, 0.717) is 18.0 Å². The first-order valence-corrected chi connectivity index (χ1v) is 9.43. The number of rotatable bonds is 3. The minimum Gasteiger partial charge on any atom is -0.347 e. The van der Waals surface area contributed by atoms with Gasteiger partial charge in [0.1, 0.15) is 0 Å². The van der Waals surface area contributed by atoms with E-state index < -0.39 is 0 Å². The van der Waals surface area contributed by atoms with E-state index in [1.165, 1.54) is 48.8 Å². The van der Waals surface area contributed by atoms with Crippen LogP contribution in [0.15, 0.2) is 23.6 Å². The molecule has 0 aliphatic carbocycles. The van der Waals surface area contributed by atoms with Crippen LogP contribution in [0.3, 0.4) is 0 Å². The predicted octanol–water partition coefficient (Wildman–Crippen LogP) is 3.08. The third-order valence-electron chi connectivity index (χ3n) is 5.00. The summed E-state index contributed by atoms with van der Waals surface area (Å²) in [4.78, 5) is 16.9. The number of piperidine rings is 3. The average molecular weight is 333 g/mol. The number of carbonyl (C=O) groups excluding carboxylic acids is 1. The van der Waals surface area contributed by atoms with Gasteiger partial charge in [-0.25, -0.2) is 0 Å². The highest BCUT2D eigenvalue weighted by molar-refractivity contribution is 7.17. The summed E-state index contributed by atoms with van der Waals surface area (Å²) in [6.07, 6.45) is 2.42. The maximum Gasteiger partial charge on any atom is 0.261 e. The van der Waals surface area contributed by atoms with Crippen LogP contribution < -0.4 is 5.32 Å². The lowest BCUT2D eigenvalue weighted by Crippen LogP contribution is -2.62. The fourth-order valence-corrected chi connectivity index (χ4v) is 5.17. The monoisotopic (exact) mass is 333 g/mol. The van der Waals surface area contributed by atoms with Gasteiger partial charge in [-0.1, -0.05) is 0 Å². The number of nitrogens with one attached hydrogen (secondary N) is 1. The summed E-state index contributed by atoms with van der Waals surface area (Å²) in [7, 11) is 0. The number of carbonyl (C=O) groups is 1. The molecule has 2 aromatic rings. The Balaban J connectivity index is 1.48. The lowest BCUT2D eigenvalue weighted by molar-refractivity contribution is 0.0218. The second kappa shape index (κ2) is 5.76. The Bertz CT molecular complexity index is 657. The zero-order chi connectivity index (χ0) is 15.1. The third-order valence-corrected chi connectivity index (χ3v) is 6.66. The van der Waals surface area contributed by atoms with Gasteiger partial charge in [0.15, 0.2) is 0 Å². The molecule has 4 nitrogen and oxygen atoms in total. The number of hydrogen-bond acceptors (Lipinski definition) is 5. The van der Waals surface area contributed by atoms with Crippen molar-refractivity contribution < 1.29 is 4.79 Å². The lowest BCUT2D eigenvalue weighted by atomic mass is 9.79. The zero-order valence-corrected chi connectivity index (χ0v) is 14.1. The molecule has 0 radical (unpaired) electrons. The molecular weight excluding hydrogens is 314 g/mol. The molecule has 2 aromatic heterocycles. The first-order valence-electron chi connectivity index (χ1n) is 7.78. The highest BCUT2D eigenvalue weighted by Gasteiger charge is 2.40. The average Bonchev–Trinajstić information content (AvgIpc) is 3.21. The van der Waals surface area contributed by atoms with Crippen LogP contribution in [0.1, 0.15) is 29.4 Å². The summed E-state index contributed by atoms with van der Waals surface area (Å²) < 4.78 is 4.33. The van der Waals surface area contributed by atoms with Crippen molar-refractivity contribution in [3.8, 4) is 10.6 Å². The quantitative estimate of drug-likeness (QED) is 0.939. The molecule has 5 rings (SSSR count). The van der Waals surface area contributed by atoms with Crippen molar-refractivity contribution in [2.75, 3.05) is 13.1 Å². The zero-order valence-electron chi connectivity index (χ0n) is 12.5. The fourth-order valence-electron chi connectivity index (χ4n) is 3.70. The Kier molecular flexibility index (Phi) is 3.76. The van der Waals surface area contributed by atoms with Gasteiger partial charge in [0.2, 0.25) is 0 Å². The second-order valence-corrected chi connectivity index (χ2v) is 7.91. The third kappa shape index (κ3) is 2.49. The van der Waals surface area contributed by atoms with Gasteiger partial charge in [0.25, 0.3) is 5.91 Å². The number of nitrogens with zero attached hydrogens (tertiary/aromatic N) is 2. The molecule has 0 spiro atoms. The van der Waals surface area contributed by atoms with E-state index in [0.717, 1.165) is 15.4 Å². The lowest BCUT2D eigenvalue weighted by Gasteiger charge is -2.49. The van der Waals surface area contributed by atoms with Crippen LogP contribution in [0.2, 0.25) is 0 Å². The van der Waals surface area contributed by atoms with Crippen LogP contribution in [-0.2, 0) is 0 Å². The SMILES string of the molecule is CC1C(NC(=O)c2ccc(-c3ccsn3)s2)C2CCN1CC2. The number of amides is 1. The van der Waals surface area contributed by atoms with Crippen molar-refractivity contribution >= 4 is 28.8 Å². The first kappa shape index (κ1) is 14.4. The van der Waals surface area contributed by atoms with Gasteiger partial charge in [-0.2, -0.15) is 4.37 Å². The molecule has 116 valence electrons. The Labute approximate surface area is 138 Å². The van der Waals surface area contributed by atoms with Crippen molar-refractivity contribution in [2.24, 2.45) is 5.92 Å². The molecule has 3 fully saturated rings. The molecule has 22 heavy (non-hydrogen) atoms. The number of thiophene rings is 1. The minimum absolute atomic E-state index is 0.0667. The van der Waals surface area contributed by atoms with Gasteiger partial charge in [-0.05, 0) is 68.5 Å². The topological polar surface area (TPSA) is 45.2 Å². The Morgan fingerprint density at radius 2 is 2.14 bits per heavy atom. The van der Waals surface area contributed by atoms with Crippen LogP contribution in [-0.4, -0.2) is 40.4 Å². The summed E-state index contributed by atoms with van der Waals surface area (Å²) in [6, 6.07) is 6.65. The smallest absolute Gasteiger partial charge is 0.261 e. The van der Waals surface area contributed by atoms with Crippen LogP contribution in [0.4, 0.5) is 0 Å². The van der Waals surface area contributed by atoms with E-state index in [-0.39, 0.29) is 5.91 Å². The minimum atomic E-state index is 0.0667. The second-order valence-electron chi connectivity index (χ2n) is 6.16. The molecule has 1 amide bonds. The van der Waals surface area contributed by atoms with E-state index in [1.54, 1.807) is 0 Å². The van der Waals surface area contributed by atoms with E-state index in [2.05, 4.69) is 21.5 Å². The summed E-state index contributed by atoms with van der Waals surface area (Å²) in [5.41, 5.74) is 0.963. The van der Waals surface area contributed by atoms with Gasteiger partial charge >= 0.3 is 0 Å². The Morgan fingerprint density at radius 3 is 2.82 bits per heavy atom. The molecule has 6 heteroatoms. The summed E-state index contributed by atoms with van der Waals surface area (Å²) in [5.74, 6) is 0.707. The van der Waals surface area contributed by atoms with Crippen molar-refractivity contribution in [1.29, 1.82) is 0 Å². The van der Waals surface area contributed by atoms with E-state index in [4.69, 9.17) is 0 Å². The van der Waals surface area contributed by atoms with E-state index in [9.17, 15) is 4.79 Å². The largest absolute Gasteiger partial charge is 0.347 e. The van der Waals surface area contributed by atoms with Crippen molar-refractivity contribution in [3.63, 3.8) is 0 Å². The van der Waals surface area contributed by atoms with Gasteiger partial charge in [0.05, 0.1) is 15.4 Å². The number of aromatic nitrogens is 1. The molecule has 3 aliphatic heterocycles. The molecule has 2 unspecified atom stereocenters. The van der Waals surface area contributed by atoms with Crippen LogP contribution in [0, 0.1) is 5.92 Å². The van der Waals surface area contributed by atoms with Crippen LogP contribution in [0.25, 0.3) is 10.6 Å². The van der Waals surface area contributed by atoms with Gasteiger partial charge < -0.3 is 5.32 Å². The van der Waals surface area contributed by atoms with E-state index in [1.807, 2.05) is 23.6 Å². The highest BCUT2D eigenvalue weighted by Crippen LogP contribution is 2.33. The molecule has 1 N–H and O–H groups in total. The van der Waals surface area contributed by atoms with Crippen molar-refractivity contribution in [3.05, 3.63) is 28.5 Å². The molecular formula is C16H19N3OS2. The normalized spacial score (nSPS) is 30.4. The molecule has 2 bridgehead atoms. The maximum atomic E-state index is 12.6.